The quantitative estimate of drug-likeness (QED) is 0.662. The second kappa shape index (κ2) is 2.57. The molecule has 0 radical (unpaired) electrons. The van der Waals surface area contributed by atoms with Crippen LogP contribution < -0.4 is 0 Å². The van der Waals surface area contributed by atoms with Crippen molar-refractivity contribution in [3.8, 4) is 0 Å². The van der Waals surface area contributed by atoms with Crippen LogP contribution in [0.1, 0.15) is 11.6 Å². The van der Waals surface area contributed by atoms with Gasteiger partial charge in [0.05, 0.1) is 6.20 Å². The first-order valence-corrected chi connectivity index (χ1v) is 5.04. The van der Waals surface area contributed by atoms with Crippen molar-refractivity contribution >= 4 is 0 Å². The van der Waals surface area contributed by atoms with Gasteiger partial charge in [0.1, 0.15) is 5.69 Å². The highest BCUT2D eigenvalue weighted by atomic mass is 19.1. The molecule has 14 heavy (non-hydrogen) atoms. The Hall–Kier alpha value is -0.900. The third-order valence-electron chi connectivity index (χ3n) is 3.50. The van der Waals surface area contributed by atoms with Crippen molar-refractivity contribution in [2.24, 2.45) is 18.9 Å². The van der Waals surface area contributed by atoms with Crippen molar-refractivity contribution in [2.75, 3.05) is 20.1 Å². The van der Waals surface area contributed by atoms with Crippen LogP contribution in [0.25, 0.3) is 0 Å². The topological polar surface area (TPSA) is 21.1 Å². The second-order valence-corrected chi connectivity index (χ2v) is 4.61. The van der Waals surface area contributed by atoms with Crippen molar-refractivity contribution in [1.82, 2.24) is 14.7 Å². The molecule has 3 nitrogen and oxygen atoms in total. The summed E-state index contributed by atoms with van der Waals surface area (Å²) in [5.41, 5.74) is 0.690. The average molecular weight is 195 g/mol. The van der Waals surface area contributed by atoms with Gasteiger partial charge in [-0.2, -0.15) is 5.10 Å². The number of piperidine rings is 1. The lowest BCUT2D eigenvalue weighted by Gasteiger charge is -2.11. The highest BCUT2D eigenvalue weighted by Crippen LogP contribution is 2.57. The summed E-state index contributed by atoms with van der Waals surface area (Å²) < 4.78 is 15.0. The molecule has 1 aromatic heterocycles. The molecule has 2 fully saturated rings. The number of fused-ring (bicyclic) bond motifs is 1. The molecule has 76 valence electrons. The zero-order valence-electron chi connectivity index (χ0n) is 8.44. The summed E-state index contributed by atoms with van der Waals surface area (Å²) in [5.74, 6) is 1.58. The number of rotatable bonds is 1. The minimum atomic E-state index is -0.130. The Bertz CT molecular complexity index is 361. The molecule has 2 unspecified atom stereocenters. The molecule has 0 aromatic carbocycles. The normalized spacial score (nSPS) is 36.1. The van der Waals surface area contributed by atoms with Crippen LogP contribution in [0.4, 0.5) is 4.39 Å². The molecule has 1 aliphatic heterocycles. The van der Waals surface area contributed by atoms with E-state index in [-0.39, 0.29) is 5.82 Å². The fourth-order valence-electron chi connectivity index (χ4n) is 2.85. The van der Waals surface area contributed by atoms with Crippen molar-refractivity contribution in [3.63, 3.8) is 0 Å². The lowest BCUT2D eigenvalue weighted by molar-refractivity contribution is 0.359. The second-order valence-electron chi connectivity index (χ2n) is 4.61. The minimum absolute atomic E-state index is 0.130. The van der Waals surface area contributed by atoms with E-state index in [2.05, 4.69) is 17.0 Å². The zero-order valence-corrected chi connectivity index (χ0v) is 8.44. The van der Waals surface area contributed by atoms with Gasteiger partial charge >= 0.3 is 0 Å². The lowest BCUT2D eigenvalue weighted by atomic mass is 10.2. The molecule has 1 saturated heterocycles. The van der Waals surface area contributed by atoms with Crippen LogP contribution >= 0.6 is 0 Å². The van der Waals surface area contributed by atoms with Crippen molar-refractivity contribution in [2.45, 2.75) is 5.92 Å². The first kappa shape index (κ1) is 8.41. The van der Waals surface area contributed by atoms with E-state index >= 15 is 0 Å². The maximum atomic E-state index is 13.4. The Kier molecular flexibility index (Phi) is 1.54. The molecule has 3 rings (SSSR count). The minimum Gasteiger partial charge on any atom is -0.306 e. The van der Waals surface area contributed by atoms with E-state index in [1.165, 1.54) is 6.20 Å². The predicted octanol–water partition coefficient (Wildman–Crippen LogP) is 0.834. The maximum absolute atomic E-state index is 13.4. The zero-order chi connectivity index (χ0) is 9.87. The Morgan fingerprint density at radius 2 is 2.00 bits per heavy atom. The van der Waals surface area contributed by atoms with Gasteiger partial charge in [-0.25, -0.2) is 4.39 Å². The van der Waals surface area contributed by atoms with Crippen LogP contribution in [-0.2, 0) is 7.05 Å². The van der Waals surface area contributed by atoms with Gasteiger partial charge in [-0.05, 0) is 18.9 Å². The first-order chi connectivity index (χ1) is 6.66. The molecular weight excluding hydrogens is 181 g/mol. The number of hydrogen-bond acceptors (Lipinski definition) is 2. The van der Waals surface area contributed by atoms with Crippen LogP contribution in [0.5, 0.6) is 0 Å². The lowest BCUT2D eigenvalue weighted by Crippen LogP contribution is -2.18. The summed E-state index contributed by atoms with van der Waals surface area (Å²) >= 11 is 0. The van der Waals surface area contributed by atoms with Crippen LogP contribution in [0.3, 0.4) is 0 Å². The number of aromatic nitrogens is 2. The third kappa shape index (κ3) is 1.03. The number of nitrogens with zero attached hydrogens (tertiary/aromatic N) is 3. The fourth-order valence-corrected chi connectivity index (χ4v) is 2.85. The molecule has 2 heterocycles. The first-order valence-electron chi connectivity index (χ1n) is 5.04. The Labute approximate surface area is 82.5 Å². The van der Waals surface area contributed by atoms with Gasteiger partial charge in [0, 0.05) is 26.1 Å². The average Bonchev–Trinajstić information content (AvgIpc) is 2.48. The molecule has 1 aromatic rings. The Morgan fingerprint density at radius 1 is 1.36 bits per heavy atom. The van der Waals surface area contributed by atoms with Gasteiger partial charge in [-0.15, -0.1) is 0 Å². The van der Waals surface area contributed by atoms with Crippen LogP contribution in [0.15, 0.2) is 6.20 Å². The summed E-state index contributed by atoms with van der Waals surface area (Å²) in [4.78, 5) is 2.31. The molecule has 1 saturated carbocycles. The smallest absolute Gasteiger partial charge is 0.164 e. The summed E-state index contributed by atoms with van der Waals surface area (Å²) in [6.07, 6.45) is 1.47. The van der Waals surface area contributed by atoms with Gasteiger partial charge in [-0.1, -0.05) is 0 Å². The standard InChI is InChI=1S/C10H14FN3/c1-13-3-6-7(4-13)9(6)10-8(11)5-14(2)12-10/h5-7,9H,3-4H2,1-2H3. The van der Waals surface area contributed by atoms with Crippen LogP contribution in [0, 0.1) is 17.7 Å². The van der Waals surface area contributed by atoms with E-state index in [1.807, 2.05) is 0 Å². The largest absolute Gasteiger partial charge is 0.306 e. The molecule has 1 aliphatic carbocycles. The van der Waals surface area contributed by atoms with E-state index in [4.69, 9.17) is 0 Å². The highest BCUT2D eigenvalue weighted by molar-refractivity contribution is 5.25. The predicted molar refractivity (Wildman–Crippen MR) is 50.4 cm³/mol. The Morgan fingerprint density at radius 3 is 2.50 bits per heavy atom. The van der Waals surface area contributed by atoms with Gasteiger partial charge in [0.2, 0.25) is 0 Å². The van der Waals surface area contributed by atoms with Gasteiger partial charge in [0.25, 0.3) is 0 Å². The monoisotopic (exact) mass is 195 g/mol. The van der Waals surface area contributed by atoms with Gasteiger partial charge in [0.15, 0.2) is 5.82 Å². The summed E-state index contributed by atoms with van der Waals surface area (Å²) in [6, 6.07) is 0. The number of likely N-dealkylation sites (tertiary alicyclic amines) is 1. The number of halogens is 1. The molecule has 0 N–H and O–H groups in total. The molecular formula is C10H14FN3. The van der Waals surface area contributed by atoms with Crippen molar-refractivity contribution < 1.29 is 4.39 Å². The number of hydrogen-bond donors (Lipinski definition) is 0. The molecule has 0 spiro atoms. The van der Waals surface area contributed by atoms with Crippen molar-refractivity contribution in [3.05, 3.63) is 17.7 Å². The highest BCUT2D eigenvalue weighted by Gasteiger charge is 2.57. The fraction of sp³-hybridized carbons (Fsp3) is 0.700. The van der Waals surface area contributed by atoms with E-state index in [1.54, 1.807) is 11.7 Å². The van der Waals surface area contributed by atoms with E-state index in [0.717, 1.165) is 13.1 Å². The van der Waals surface area contributed by atoms with Crippen LogP contribution in [-0.4, -0.2) is 34.8 Å². The molecule has 0 amide bonds. The Balaban J connectivity index is 1.84. The molecule has 2 atom stereocenters. The van der Waals surface area contributed by atoms with Crippen molar-refractivity contribution in [1.29, 1.82) is 0 Å². The molecule has 2 aliphatic rings. The van der Waals surface area contributed by atoms with Gasteiger partial charge < -0.3 is 4.90 Å². The SMILES string of the molecule is CN1CC2C(C1)C2c1nn(C)cc1F. The molecule has 4 heteroatoms. The van der Waals surface area contributed by atoms with E-state index < -0.39 is 0 Å². The number of aryl methyl sites for hydroxylation is 1. The summed E-state index contributed by atoms with van der Waals surface area (Å²) in [6.45, 7) is 2.21. The third-order valence-corrected chi connectivity index (χ3v) is 3.50. The maximum Gasteiger partial charge on any atom is 0.164 e. The summed E-state index contributed by atoms with van der Waals surface area (Å²) in [5, 5.41) is 4.20. The van der Waals surface area contributed by atoms with E-state index in [0.29, 0.717) is 23.4 Å². The summed E-state index contributed by atoms with van der Waals surface area (Å²) in [7, 11) is 3.90. The van der Waals surface area contributed by atoms with Gasteiger partial charge in [-0.3, -0.25) is 4.68 Å². The van der Waals surface area contributed by atoms with Crippen LogP contribution in [0.2, 0.25) is 0 Å². The molecule has 0 bridgehead atoms. The van der Waals surface area contributed by atoms with E-state index in [9.17, 15) is 4.39 Å².